The van der Waals surface area contributed by atoms with Crippen molar-refractivity contribution in [3.05, 3.63) is 36.5 Å². The van der Waals surface area contributed by atoms with Crippen LogP contribution >= 0.6 is 0 Å². The van der Waals surface area contributed by atoms with Gasteiger partial charge in [0, 0.05) is 26.3 Å². The van der Waals surface area contributed by atoms with E-state index in [4.69, 9.17) is 0 Å². The molecule has 0 aliphatic rings. The zero-order valence-electron chi connectivity index (χ0n) is 9.53. The van der Waals surface area contributed by atoms with Gasteiger partial charge in [-0.25, -0.2) is 4.98 Å². The highest BCUT2D eigenvalue weighted by Gasteiger charge is 2.00. The highest BCUT2D eigenvalue weighted by molar-refractivity contribution is 5.40. The van der Waals surface area contributed by atoms with Gasteiger partial charge >= 0.3 is 0 Å². The lowest BCUT2D eigenvalue weighted by molar-refractivity contribution is 0.725. The molecule has 3 heteroatoms. The van der Waals surface area contributed by atoms with Crippen molar-refractivity contribution in [2.45, 2.75) is 13.5 Å². The van der Waals surface area contributed by atoms with E-state index in [1.54, 1.807) is 0 Å². The van der Waals surface area contributed by atoms with Gasteiger partial charge in [-0.1, -0.05) is 13.0 Å². The molecule has 1 aromatic heterocycles. The van der Waals surface area contributed by atoms with E-state index in [2.05, 4.69) is 34.8 Å². The van der Waals surface area contributed by atoms with Crippen molar-refractivity contribution in [3.8, 4) is 0 Å². The van der Waals surface area contributed by atoms with Gasteiger partial charge in [0.05, 0.1) is 0 Å². The van der Waals surface area contributed by atoms with Gasteiger partial charge in [0.2, 0.25) is 0 Å². The zero-order valence-corrected chi connectivity index (χ0v) is 9.53. The molecular formula is C12H19N3. The Bertz CT molecular complexity index is 309. The third kappa shape index (κ3) is 3.72. The first-order valence-electron chi connectivity index (χ1n) is 5.25. The van der Waals surface area contributed by atoms with Crippen LogP contribution in [-0.2, 0) is 6.54 Å². The number of hydrogen-bond acceptors (Lipinski definition) is 3. The molecule has 0 aliphatic heterocycles. The second-order valence-electron chi connectivity index (χ2n) is 3.47. The molecule has 0 atom stereocenters. The summed E-state index contributed by atoms with van der Waals surface area (Å²) >= 11 is 0. The molecule has 0 saturated carbocycles. The molecule has 82 valence electrons. The van der Waals surface area contributed by atoms with Crippen molar-refractivity contribution < 1.29 is 0 Å². The lowest BCUT2D eigenvalue weighted by Crippen LogP contribution is -2.18. The van der Waals surface area contributed by atoms with Crippen LogP contribution in [0.3, 0.4) is 0 Å². The van der Waals surface area contributed by atoms with Crippen LogP contribution in [0.15, 0.2) is 31.0 Å². The second kappa shape index (κ2) is 6.19. The van der Waals surface area contributed by atoms with E-state index in [-0.39, 0.29) is 0 Å². The molecule has 0 spiro atoms. The summed E-state index contributed by atoms with van der Waals surface area (Å²) in [5.41, 5.74) is 1.26. The SMILES string of the molecule is C=CCN(C)c1cc(CNCC)ccn1. The van der Waals surface area contributed by atoms with Gasteiger partial charge in [0.1, 0.15) is 5.82 Å². The fourth-order valence-corrected chi connectivity index (χ4v) is 1.34. The number of aromatic nitrogens is 1. The van der Waals surface area contributed by atoms with Crippen LogP contribution in [0.25, 0.3) is 0 Å². The molecule has 0 amide bonds. The van der Waals surface area contributed by atoms with Crippen LogP contribution in [0.4, 0.5) is 5.82 Å². The molecule has 1 aromatic rings. The number of anilines is 1. The lowest BCUT2D eigenvalue weighted by atomic mass is 10.2. The molecule has 0 fully saturated rings. The lowest BCUT2D eigenvalue weighted by Gasteiger charge is -2.16. The van der Waals surface area contributed by atoms with E-state index in [1.165, 1.54) is 5.56 Å². The summed E-state index contributed by atoms with van der Waals surface area (Å²) in [7, 11) is 2.01. The van der Waals surface area contributed by atoms with Crippen LogP contribution in [0.2, 0.25) is 0 Å². The van der Waals surface area contributed by atoms with Crippen LogP contribution in [0.5, 0.6) is 0 Å². The number of likely N-dealkylation sites (N-methyl/N-ethyl adjacent to an activating group) is 1. The average molecular weight is 205 g/mol. The first kappa shape index (κ1) is 11.7. The summed E-state index contributed by atoms with van der Waals surface area (Å²) < 4.78 is 0. The van der Waals surface area contributed by atoms with Crippen molar-refractivity contribution in [2.75, 3.05) is 25.0 Å². The molecule has 0 unspecified atom stereocenters. The Morgan fingerprint density at radius 2 is 2.40 bits per heavy atom. The number of nitrogens with zero attached hydrogens (tertiary/aromatic N) is 2. The van der Waals surface area contributed by atoms with Crippen LogP contribution in [-0.4, -0.2) is 25.1 Å². The first-order valence-corrected chi connectivity index (χ1v) is 5.25. The third-order valence-corrected chi connectivity index (χ3v) is 2.18. The Morgan fingerprint density at radius 3 is 3.07 bits per heavy atom. The summed E-state index contributed by atoms with van der Waals surface area (Å²) in [6, 6.07) is 4.14. The third-order valence-electron chi connectivity index (χ3n) is 2.18. The minimum Gasteiger partial charge on any atom is -0.356 e. The van der Waals surface area contributed by atoms with Gasteiger partial charge in [0.15, 0.2) is 0 Å². The Labute approximate surface area is 91.8 Å². The van der Waals surface area contributed by atoms with Gasteiger partial charge in [-0.2, -0.15) is 0 Å². The second-order valence-corrected chi connectivity index (χ2v) is 3.47. The molecular weight excluding hydrogens is 186 g/mol. The standard InChI is InChI=1S/C12H19N3/c1-4-8-15(3)12-9-11(6-7-14-12)10-13-5-2/h4,6-7,9,13H,1,5,8,10H2,2-3H3. The number of pyridine rings is 1. The highest BCUT2D eigenvalue weighted by atomic mass is 15.1. The van der Waals surface area contributed by atoms with Gasteiger partial charge in [0.25, 0.3) is 0 Å². The Balaban J connectivity index is 2.68. The maximum Gasteiger partial charge on any atom is 0.128 e. The molecule has 0 radical (unpaired) electrons. The average Bonchev–Trinajstić information content (AvgIpc) is 2.27. The van der Waals surface area contributed by atoms with E-state index in [0.29, 0.717) is 0 Å². The van der Waals surface area contributed by atoms with Gasteiger partial charge < -0.3 is 10.2 Å². The van der Waals surface area contributed by atoms with E-state index in [1.807, 2.05) is 25.4 Å². The summed E-state index contributed by atoms with van der Waals surface area (Å²) in [6.07, 6.45) is 3.72. The fourth-order valence-electron chi connectivity index (χ4n) is 1.34. The summed E-state index contributed by atoms with van der Waals surface area (Å²) in [5.74, 6) is 0.991. The first-order chi connectivity index (χ1) is 7.27. The molecule has 0 aliphatic carbocycles. The normalized spacial score (nSPS) is 10.0. The largest absolute Gasteiger partial charge is 0.356 e. The maximum absolute atomic E-state index is 4.32. The van der Waals surface area contributed by atoms with E-state index in [0.717, 1.165) is 25.5 Å². The van der Waals surface area contributed by atoms with Crippen molar-refractivity contribution in [3.63, 3.8) is 0 Å². The predicted molar refractivity (Wildman–Crippen MR) is 65.1 cm³/mol. The number of rotatable bonds is 6. The zero-order chi connectivity index (χ0) is 11.1. The summed E-state index contributed by atoms with van der Waals surface area (Å²) in [5, 5.41) is 3.30. The van der Waals surface area contributed by atoms with Gasteiger partial charge in [-0.3, -0.25) is 0 Å². The molecule has 1 N–H and O–H groups in total. The minimum atomic E-state index is 0.817. The smallest absolute Gasteiger partial charge is 0.128 e. The van der Waals surface area contributed by atoms with E-state index in [9.17, 15) is 0 Å². The Hall–Kier alpha value is -1.35. The molecule has 1 heterocycles. The molecule has 0 saturated heterocycles. The van der Waals surface area contributed by atoms with E-state index >= 15 is 0 Å². The molecule has 15 heavy (non-hydrogen) atoms. The number of hydrogen-bond donors (Lipinski definition) is 1. The Morgan fingerprint density at radius 1 is 1.60 bits per heavy atom. The van der Waals surface area contributed by atoms with Crippen molar-refractivity contribution in [1.82, 2.24) is 10.3 Å². The summed E-state index contributed by atoms with van der Waals surface area (Å²) in [6.45, 7) is 8.52. The molecule has 0 aromatic carbocycles. The summed E-state index contributed by atoms with van der Waals surface area (Å²) in [4.78, 5) is 6.39. The number of nitrogens with one attached hydrogen (secondary N) is 1. The fraction of sp³-hybridized carbons (Fsp3) is 0.417. The van der Waals surface area contributed by atoms with Gasteiger partial charge in [-0.05, 0) is 24.2 Å². The molecule has 3 nitrogen and oxygen atoms in total. The predicted octanol–water partition coefficient (Wildman–Crippen LogP) is 1.81. The maximum atomic E-state index is 4.32. The Kier molecular flexibility index (Phi) is 4.84. The van der Waals surface area contributed by atoms with Crippen LogP contribution < -0.4 is 10.2 Å². The quantitative estimate of drug-likeness (QED) is 0.718. The van der Waals surface area contributed by atoms with Gasteiger partial charge in [-0.15, -0.1) is 6.58 Å². The highest BCUT2D eigenvalue weighted by Crippen LogP contribution is 2.10. The topological polar surface area (TPSA) is 28.2 Å². The van der Waals surface area contributed by atoms with Crippen LogP contribution in [0, 0.1) is 0 Å². The molecule has 1 rings (SSSR count). The monoisotopic (exact) mass is 205 g/mol. The van der Waals surface area contributed by atoms with Crippen molar-refractivity contribution in [1.29, 1.82) is 0 Å². The molecule has 0 bridgehead atoms. The van der Waals surface area contributed by atoms with Crippen molar-refractivity contribution in [2.24, 2.45) is 0 Å². The minimum absolute atomic E-state index is 0.817. The van der Waals surface area contributed by atoms with Crippen LogP contribution in [0.1, 0.15) is 12.5 Å². The van der Waals surface area contributed by atoms with Crippen molar-refractivity contribution >= 4 is 5.82 Å². The van der Waals surface area contributed by atoms with E-state index < -0.39 is 0 Å².